The molecule has 49 heavy (non-hydrogen) atoms. The number of hydrogen-bond donors (Lipinski definition) is 1. The van der Waals surface area contributed by atoms with E-state index in [1.807, 2.05) is 29.2 Å². The first-order chi connectivity index (χ1) is 23.5. The minimum atomic E-state index is -4.58. The Kier molecular flexibility index (Phi) is 8.80. The Hall–Kier alpha value is -3.82. The number of carbonyl (C=O) groups is 2. The molecule has 1 saturated carbocycles. The molecular formula is C37H43F3N4O5. The monoisotopic (exact) mass is 680 g/mol. The third kappa shape index (κ3) is 5.82. The van der Waals surface area contributed by atoms with Gasteiger partial charge in [-0.15, -0.1) is 0 Å². The molecule has 9 nitrogen and oxygen atoms in total. The second kappa shape index (κ2) is 12.8. The normalized spacial score (nSPS) is 32.9. The second-order valence-corrected chi connectivity index (χ2v) is 14.5. The first-order valence-corrected chi connectivity index (χ1v) is 17.3. The lowest BCUT2D eigenvalue weighted by atomic mass is 9.64. The number of fused-ring (bicyclic) bond motifs is 6. The Morgan fingerprint density at radius 3 is 2.33 bits per heavy atom. The molecule has 2 aromatic carbocycles. The zero-order valence-electron chi connectivity index (χ0n) is 27.9. The molecule has 7 rings (SSSR count). The largest absolute Gasteiger partial charge is 0.497 e. The smallest absolute Gasteiger partial charge is 0.416 e. The van der Waals surface area contributed by atoms with Crippen molar-refractivity contribution >= 4 is 17.6 Å². The van der Waals surface area contributed by atoms with E-state index in [9.17, 15) is 33.1 Å². The van der Waals surface area contributed by atoms with Gasteiger partial charge in [0.2, 0.25) is 5.91 Å². The van der Waals surface area contributed by atoms with Crippen LogP contribution in [0.1, 0.15) is 67.1 Å². The molecular weight excluding hydrogens is 637 g/mol. The van der Waals surface area contributed by atoms with Gasteiger partial charge in [-0.2, -0.15) is 18.4 Å². The number of piperidine rings is 1. The zero-order valence-corrected chi connectivity index (χ0v) is 27.9. The Labute approximate surface area is 284 Å². The van der Waals surface area contributed by atoms with Gasteiger partial charge in [-0.3, -0.25) is 14.5 Å². The van der Waals surface area contributed by atoms with Gasteiger partial charge in [0, 0.05) is 69.3 Å². The van der Waals surface area contributed by atoms with Gasteiger partial charge in [0.15, 0.2) is 0 Å². The van der Waals surface area contributed by atoms with Gasteiger partial charge in [0.25, 0.3) is 0 Å². The highest BCUT2D eigenvalue weighted by Crippen LogP contribution is 2.56. The maximum Gasteiger partial charge on any atom is 0.416 e. The van der Waals surface area contributed by atoms with E-state index in [4.69, 9.17) is 9.47 Å². The van der Waals surface area contributed by atoms with Crippen LogP contribution >= 0.6 is 0 Å². The topological polar surface area (TPSA) is 106 Å². The molecule has 3 saturated heterocycles. The van der Waals surface area contributed by atoms with Crippen LogP contribution in [-0.2, 0) is 20.5 Å². The Morgan fingerprint density at radius 2 is 1.69 bits per heavy atom. The Balaban J connectivity index is 1.22. The number of nitrogens with zero attached hydrogens (tertiary/aromatic N) is 4. The fourth-order valence-corrected chi connectivity index (χ4v) is 9.66. The van der Waals surface area contributed by atoms with E-state index < -0.39 is 41.0 Å². The molecule has 0 bridgehead atoms. The number of nitriles is 1. The van der Waals surface area contributed by atoms with Crippen LogP contribution in [0.5, 0.6) is 5.75 Å². The molecule has 1 aliphatic carbocycles. The third-order valence-electron chi connectivity index (χ3n) is 12.3. The number of alkyl halides is 3. The number of benzene rings is 2. The van der Waals surface area contributed by atoms with Crippen molar-refractivity contribution in [2.24, 2.45) is 17.8 Å². The highest BCUT2D eigenvalue weighted by Gasteiger charge is 2.60. The maximum absolute atomic E-state index is 14.8. The van der Waals surface area contributed by atoms with E-state index in [1.165, 1.54) is 6.07 Å². The van der Waals surface area contributed by atoms with Crippen molar-refractivity contribution in [3.63, 3.8) is 0 Å². The molecule has 0 spiro atoms. The standard InChI is InChI=1S/C37H43F3N4O5/c1-48-26-8-3-22(4-9-26)29-17-42(25-6-10-27(49-2)11-7-25)19-31(29)34(45)43-18-30-28-12-5-24(37(38,39)40)15-33(28)44-14-13-23(35(46)47)16-36(44,21-41)32(30)20-43/h3-5,8-9,12,15,23,25,27,29-32H,6-7,10-11,13-14,16-20H2,1-2H3,(H,46,47)/t23?,25?,27?,29-,30+,31+,32?,36+/m0/s1. The molecule has 262 valence electrons. The lowest BCUT2D eigenvalue weighted by molar-refractivity contribution is -0.143. The number of amides is 1. The van der Waals surface area contributed by atoms with Crippen molar-refractivity contribution < 1.29 is 37.3 Å². The van der Waals surface area contributed by atoms with Crippen molar-refractivity contribution in [1.82, 2.24) is 9.80 Å². The molecule has 2 unspecified atom stereocenters. The quantitative estimate of drug-likeness (QED) is 0.426. The minimum absolute atomic E-state index is 0.00640. The van der Waals surface area contributed by atoms with Gasteiger partial charge in [-0.05, 0) is 73.9 Å². The maximum atomic E-state index is 14.8. The molecule has 4 aliphatic heterocycles. The van der Waals surface area contributed by atoms with E-state index in [-0.39, 0.29) is 56.3 Å². The van der Waals surface area contributed by atoms with Gasteiger partial charge in [-0.1, -0.05) is 18.2 Å². The summed E-state index contributed by atoms with van der Waals surface area (Å²) in [5.74, 6) is -2.39. The van der Waals surface area contributed by atoms with Crippen molar-refractivity contribution in [1.29, 1.82) is 5.26 Å². The molecule has 4 fully saturated rings. The second-order valence-electron chi connectivity index (χ2n) is 14.5. The summed E-state index contributed by atoms with van der Waals surface area (Å²) in [5.41, 5.74) is -0.107. The summed E-state index contributed by atoms with van der Waals surface area (Å²) < 4.78 is 52.8. The number of carboxylic acid groups (broad SMARTS) is 1. The average molecular weight is 681 g/mol. The SMILES string of the molecule is COc1ccc([C@@H]2CN(C3CCC(OC)CC3)C[C@H]2C(=O)N2CC3[C@H](C2)c2ccc(C(F)(F)F)cc2N2CCC(C(=O)O)C[C@@]32C#N)cc1. The van der Waals surface area contributed by atoms with Crippen LogP contribution in [0.4, 0.5) is 18.9 Å². The van der Waals surface area contributed by atoms with Crippen molar-refractivity contribution in [2.45, 2.75) is 74.2 Å². The molecule has 4 heterocycles. The first-order valence-electron chi connectivity index (χ1n) is 17.3. The molecule has 0 aromatic heterocycles. The number of anilines is 1. The number of carboxylic acids is 1. The Bertz CT molecular complexity index is 1620. The lowest BCUT2D eigenvalue weighted by Gasteiger charge is -2.54. The summed E-state index contributed by atoms with van der Waals surface area (Å²) in [5, 5.41) is 20.8. The number of rotatable bonds is 6. The van der Waals surface area contributed by atoms with E-state index in [1.54, 1.807) is 19.1 Å². The summed E-state index contributed by atoms with van der Waals surface area (Å²) in [6.45, 7) is 1.97. The van der Waals surface area contributed by atoms with Crippen LogP contribution in [0.2, 0.25) is 0 Å². The van der Waals surface area contributed by atoms with Crippen LogP contribution in [0, 0.1) is 29.1 Å². The van der Waals surface area contributed by atoms with Gasteiger partial charge < -0.3 is 24.4 Å². The number of ether oxygens (including phenoxy) is 2. The molecule has 1 amide bonds. The van der Waals surface area contributed by atoms with Crippen LogP contribution in [0.15, 0.2) is 42.5 Å². The predicted octanol–water partition coefficient (Wildman–Crippen LogP) is 5.51. The molecule has 1 N–H and O–H groups in total. The number of halogens is 3. The van der Waals surface area contributed by atoms with Crippen LogP contribution in [0.25, 0.3) is 0 Å². The van der Waals surface area contributed by atoms with Gasteiger partial charge in [-0.25, -0.2) is 0 Å². The molecule has 0 radical (unpaired) electrons. The first kappa shape index (κ1) is 33.7. The van der Waals surface area contributed by atoms with Crippen LogP contribution < -0.4 is 9.64 Å². The molecule has 12 heteroatoms. The molecule has 2 aromatic rings. The highest BCUT2D eigenvalue weighted by atomic mass is 19.4. The van der Waals surface area contributed by atoms with Gasteiger partial charge in [0.1, 0.15) is 11.3 Å². The number of hydrogen-bond acceptors (Lipinski definition) is 7. The number of carbonyl (C=O) groups excluding carboxylic acids is 1. The lowest BCUT2D eigenvalue weighted by Crippen LogP contribution is -2.62. The summed E-state index contributed by atoms with van der Waals surface area (Å²) in [6.07, 6.45) is -0.183. The van der Waals surface area contributed by atoms with E-state index >= 15 is 0 Å². The summed E-state index contributed by atoms with van der Waals surface area (Å²) >= 11 is 0. The van der Waals surface area contributed by atoms with Crippen LogP contribution in [0.3, 0.4) is 0 Å². The fraction of sp³-hybridized carbons (Fsp3) is 0.595. The summed E-state index contributed by atoms with van der Waals surface area (Å²) in [7, 11) is 3.37. The predicted molar refractivity (Wildman–Crippen MR) is 174 cm³/mol. The number of aliphatic carboxylic acids is 1. The van der Waals surface area contributed by atoms with Crippen LogP contribution in [-0.4, -0.2) is 91.4 Å². The van der Waals surface area contributed by atoms with Gasteiger partial charge in [0.05, 0.1) is 36.7 Å². The zero-order chi connectivity index (χ0) is 34.7. The minimum Gasteiger partial charge on any atom is -0.497 e. The highest BCUT2D eigenvalue weighted by molar-refractivity contribution is 5.82. The molecule has 6 atom stereocenters. The summed E-state index contributed by atoms with van der Waals surface area (Å²) in [4.78, 5) is 32.9. The third-order valence-corrected chi connectivity index (χ3v) is 12.3. The van der Waals surface area contributed by atoms with Gasteiger partial charge >= 0.3 is 12.1 Å². The van der Waals surface area contributed by atoms with Crippen molar-refractivity contribution in [3.8, 4) is 11.8 Å². The number of likely N-dealkylation sites (tertiary alicyclic amines) is 2. The molecule has 5 aliphatic rings. The average Bonchev–Trinajstić information content (AvgIpc) is 3.77. The van der Waals surface area contributed by atoms with E-state index in [2.05, 4.69) is 11.0 Å². The van der Waals surface area contributed by atoms with Crippen molar-refractivity contribution in [2.75, 3.05) is 51.8 Å². The van der Waals surface area contributed by atoms with E-state index in [0.29, 0.717) is 23.8 Å². The Morgan fingerprint density at radius 1 is 0.959 bits per heavy atom. The summed E-state index contributed by atoms with van der Waals surface area (Å²) in [6, 6.07) is 14.3. The number of methoxy groups -OCH3 is 2. The van der Waals surface area contributed by atoms with E-state index in [0.717, 1.165) is 55.7 Å². The van der Waals surface area contributed by atoms with Crippen molar-refractivity contribution in [3.05, 3.63) is 59.2 Å². The fourth-order valence-electron chi connectivity index (χ4n) is 9.66.